The fourth-order valence-corrected chi connectivity index (χ4v) is 4.33. The predicted octanol–water partition coefficient (Wildman–Crippen LogP) is 3.08. The van der Waals surface area contributed by atoms with E-state index in [2.05, 4.69) is 29.4 Å². The topological polar surface area (TPSA) is 94.1 Å². The van der Waals surface area contributed by atoms with Crippen molar-refractivity contribution in [2.24, 2.45) is 0 Å². The molecule has 0 saturated carbocycles. The van der Waals surface area contributed by atoms with Crippen molar-refractivity contribution in [1.29, 1.82) is 0 Å². The summed E-state index contributed by atoms with van der Waals surface area (Å²) in [6.45, 7) is 12.1. The molecule has 29 heavy (non-hydrogen) atoms. The zero-order valence-corrected chi connectivity index (χ0v) is 17.6. The van der Waals surface area contributed by atoms with Gasteiger partial charge in [0.05, 0.1) is 27.9 Å². The average molecular weight is 393 g/mol. The van der Waals surface area contributed by atoms with Gasteiger partial charge in [0.15, 0.2) is 5.65 Å². The van der Waals surface area contributed by atoms with Gasteiger partial charge in [-0.1, -0.05) is 0 Å². The van der Waals surface area contributed by atoms with Crippen molar-refractivity contribution in [3.63, 3.8) is 0 Å². The normalized spacial score (nSPS) is 16.4. The van der Waals surface area contributed by atoms with E-state index in [0.29, 0.717) is 23.4 Å². The minimum absolute atomic E-state index is 0.0104. The van der Waals surface area contributed by atoms with Gasteiger partial charge in [-0.15, -0.1) is 0 Å². The molecule has 0 radical (unpaired) electrons. The van der Waals surface area contributed by atoms with Crippen LogP contribution in [-0.4, -0.2) is 56.3 Å². The second-order valence-corrected chi connectivity index (χ2v) is 8.49. The summed E-state index contributed by atoms with van der Waals surface area (Å²) in [4.78, 5) is 20.4. The van der Waals surface area contributed by atoms with Crippen LogP contribution in [0.4, 0.5) is 0 Å². The zero-order valence-electron chi connectivity index (χ0n) is 17.6. The highest BCUT2D eigenvalue weighted by molar-refractivity contribution is 6.07. The van der Waals surface area contributed by atoms with Gasteiger partial charge in [-0.25, -0.2) is 4.98 Å². The minimum atomic E-state index is -0.285. The standard InChI is InChI=1S/C22H27N5O2/c1-12-8-15(28)9-13(2)18(12)17-10-16(19-14(3)25-26-20(19)24-17)21(29)27-7-6-23-11-22(27,4)5/h8-10,23,28H,6-7,11H2,1-5H3,(H,24,25,26). The zero-order chi connectivity index (χ0) is 20.9. The monoisotopic (exact) mass is 393 g/mol. The van der Waals surface area contributed by atoms with E-state index in [1.807, 2.05) is 31.7 Å². The summed E-state index contributed by atoms with van der Waals surface area (Å²) >= 11 is 0. The maximum atomic E-state index is 13.7. The number of phenolic OH excluding ortho intramolecular Hbond substituents is 1. The van der Waals surface area contributed by atoms with Crippen LogP contribution in [-0.2, 0) is 0 Å². The number of pyridine rings is 1. The molecule has 3 heterocycles. The van der Waals surface area contributed by atoms with E-state index in [1.165, 1.54) is 0 Å². The summed E-state index contributed by atoms with van der Waals surface area (Å²) in [5.74, 6) is 0.213. The molecule has 4 rings (SSSR count). The van der Waals surface area contributed by atoms with Crippen molar-refractivity contribution in [3.8, 4) is 17.0 Å². The van der Waals surface area contributed by atoms with Gasteiger partial charge in [-0.2, -0.15) is 5.10 Å². The molecule has 1 aliphatic heterocycles. The number of H-pyrrole nitrogens is 1. The summed E-state index contributed by atoms with van der Waals surface area (Å²) in [5, 5.41) is 21.3. The lowest BCUT2D eigenvalue weighted by atomic mass is 9.95. The first-order chi connectivity index (χ1) is 13.7. The third kappa shape index (κ3) is 3.25. The Labute approximate surface area is 170 Å². The van der Waals surface area contributed by atoms with Crippen molar-refractivity contribution in [3.05, 3.63) is 40.6 Å². The van der Waals surface area contributed by atoms with Crippen LogP contribution < -0.4 is 5.32 Å². The SMILES string of the molecule is Cc1cc(O)cc(C)c1-c1cc(C(=O)N2CCNCC2(C)C)c2c(C)n[nH]c2n1. The smallest absolute Gasteiger partial charge is 0.255 e. The molecule has 152 valence electrons. The molecule has 3 aromatic rings. The molecular weight excluding hydrogens is 366 g/mol. The summed E-state index contributed by atoms with van der Waals surface area (Å²) < 4.78 is 0. The molecule has 0 atom stereocenters. The average Bonchev–Trinajstić information content (AvgIpc) is 3.00. The summed E-state index contributed by atoms with van der Waals surface area (Å²) in [6, 6.07) is 5.30. The first kappa shape index (κ1) is 19.4. The highest BCUT2D eigenvalue weighted by atomic mass is 16.3. The lowest BCUT2D eigenvalue weighted by Gasteiger charge is -2.43. The fourth-order valence-electron chi connectivity index (χ4n) is 4.33. The number of carbonyl (C=O) groups excluding carboxylic acids is 1. The number of phenols is 1. The van der Waals surface area contributed by atoms with Crippen molar-refractivity contribution < 1.29 is 9.90 Å². The lowest BCUT2D eigenvalue weighted by molar-refractivity contribution is 0.0479. The van der Waals surface area contributed by atoms with Gasteiger partial charge < -0.3 is 15.3 Å². The van der Waals surface area contributed by atoms with Crippen molar-refractivity contribution in [2.45, 2.75) is 40.2 Å². The largest absolute Gasteiger partial charge is 0.508 e. The van der Waals surface area contributed by atoms with Crippen LogP contribution >= 0.6 is 0 Å². The number of fused-ring (bicyclic) bond motifs is 1. The lowest BCUT2D eigenvalue weighted by Crippen LogP contribution is -2.59. The van der Waals surface area contributed by atoms with Gasteiger partial charge in [-0.05, 0) is 63.9 Å². The number of aromatic hydroxyl groups is 1. The number of aromatic nitrogens is 3. The molecule has 3 N–H and O–H groups in total. The third-order valence-corrected chi connectivity index (χ3v) is 5.76. The summed E-state index contributed by atoms with van der Waals surface area (Å²) in [7, 11) is 0. The highest BCUT2D eigenvalue weighted by Crippen LogP contribution is 2.33. The molecule has 7 nitrogen and oxygen atoms in total. The number of aryl methyl sites for hydroxylation is 3. The number of aromatic amines is 1. The van der Waals surface area contributed by atoms with Gasteiger partial charge in [-0.3, -0.25) is 9.89 Å². The Balaban J connectivity index is 1.92. The van der Waals surface area contributed by atoms with Gasteiger partial charge in [0.1, 0.15) is 5.75 Å². The highest BCUT2D eigenvalue weighted by Gasteiger charge is 2.35. The maximum Gasteiger partial charge on any atom is 0.255 e. The number of hydrogen-bond donors (Lipinski definition) is 3. The molecule has 0 spiro atoms. The van der Waals surface area contributed by atoms with Gasteiger partial charge in [0, 0.05) is 25.2 Å². The molecule has 1 fully saturated rings. The molecule has 1 aromatic carbocycles. The molecule has 0 bridgehead atoms. The number of hydrogen-bond acceptors (Lipinski definition) is 5. The van der Waals surface area contributed by atoms with Crippen molar-refractivity contribution in [1.82, 2.24) is 25.4 Å². The Morgan fingerprint density at radius 1 is 1.17 bits per heavy atom. The van der Waals surface area contributed by atoms with Crippen LogP contribution in [0.3, 0.4) is 0 Å². The number of nitrogens with one attached hydrogen (secondary N) is 2. The number of piperazine rings is 1. The van der Waals surface area contributed by atoms with Gasteiger partial charge >= 0.3 is 0 Å². The minimum Gasteiger partial charge on any atom is -0.508 e. The Hall–Kier alpha value is -2.93. The Morgan fingerprint density at radius 2 is 1.86 bits per heavy atom. The molecule has 2 aromatic heterocycles. The second kappa shape index (κ2) is 6.84. The Morgan fingerprint density at radius 3 is 2.52 bits per heavy atom. The van der Waals surface area contributed by atoms with E-state index < -0.39 is 0 Å². The third-order valence-electron chi connectivity index (χ3n) is 5.76. The molecular formula is C22H27N5O2. The van der Waals surface area contributed by atoms with Crippen molar-refractivity contribution in [2.75, 3.05) is 19.6 Å². The quantitative estimate of drug-likeness (QED) is 0.622. The van der Waals surface area contributed by atoms with E-state index in [4.69, 9.17) is 4.98 Å². The summed E-state index contributed by atoms with van der Waals surface area (Å²) in [6.07, 6.45) is 0. The molecule has 1 amide bonds. The Bertz CT molecular complexity index is 1090. The van der Waals surface area contributed by atoms with Crippen LogP contribution in [0.1, 0.15) is 41.0 Å². The van der Waals surface area contributed by atoms with Crippen LogP contribution in [0, 0.1) is 20.8 Å². The van der Waals surface area contributed by atoms with Crippen LogP contribution in [0.15, 0.2) is 18.2 Å². The number of rotatable bonds is 2. The Kier molecular flexibility index (Phi) is 4.58. The van der Waals surface area contributed by atoms with Crippen LogP contribution in [0.5, 0.6) is 5.75 Å². The number of amides is 1. The van der Waals surface area contributed by atoms with E-state index in [-0.39, 0.29) is 17.2 Å². The van der Waals surface area contributed by atoms with Gasteiger partial charge in [0.2, 0.25) is 0 Å². The van der Waals surface area contributed by atoms with E-state index >= 15 is 0 Å². The first-order valence-corrected chi connectivity index (χ1v) is 9.88. The predicted molar refractivity (Wildman–Crippen MR) is 113 cm³/mol. The molecule has 0 aliphatic carbocycles. The first-order valence-electron chi connectivity index (χ1n) is 9.88. The van der Waals surface area contributed by atoms with Crippen LogP contribution in [0.25, 0.3) is 22.3 Å². The second-order valence-electron chi connectivity index (χ2n) is 8.49. The fraction of sp³-hybridized carbons (Fsp3) is 0.409. The molecule has 7 heteroatoms. The molecule has 1 aliphatic rings. The number of carbonyl (C=O) groups is 1. The number of benzene rings is 1. The van der Waals surface area contributed by atoms with Crippen molar-refractivity contribution >= 4 is 16.9 Å². The van der Waals surface area contributed by atoms with E-state index in [1.54, 1.807) is 12.1 Å². The number of nitrogens with zero attached hydrogens (tertiary/aromatic N) is 3. The van der Waals surface area contributed by atoms with E-state index in [9.17, 15) is 9.90 Å². The summed E-state index contributed by atoms with van der Waals surface area (Å²) in [5.41, 5.74) is 5.12. The maximum absolute atomic E-state index is 13.7. The molecule has 1 saturated heterocycles. The van der Waals surface area contributed by atoms with Gasteiger partial charge in [0.25, 0.3) is 5.91 Å². The van der Waals surface area contributed by atoms with E-state index in [0.717, 1.165) is 40.9 Å². The van der Waals surface area contributed by atoms with Crippen LogP contribution in [0.2, 0.25) is 0 Å². The molecule has 0 unspecified atom stereocenters.